The van der Waals surface area contributed by atoms with Crippen LogP contribution in [0.4, 0.5) is 0 Å². The second kappa shape index (κ2) is 7.79. The van der Waals surface area contributed by atoms with E-state index in [9.17, 15) is 13.2 Å². The van der Waals surface area contributed by atoms with Gasteiger partial charge in [0.25, 0.3) is 10.1 Å². The first-order chi connectivity index (χ1) is 10.8. The van der Waals surface area contributed by atoms with Crippen molar-refractivity contribution in [3.8, 4) is 5.75 Å². The summed E-state index contributed by atoms with van der Waals surface area (Å²) in [7, 11) is -3.51. The van der Waals surface area contributed by atoms with Crippen LogP contribution in [-0.4, -0.2) is 51.3 Å². The molecule has 0 saturated carbocycles. The highest BCUT2D eigenvalue weighted by Crippen LogP contribution is 2.17. The Labute approximate surface area is 137 Å². The highest BCUT2D eigenvalue weighted by Gasteiger charge is 2.28. The number of hydrogen-bond donors (Lipinski definition) is 0. The molecule has 1 saturated heterocycles. The van der Waals surface area contributed by atoms with Gasteiger partial charge >= 0.3 is 0 Å². The minimum atomic E-state index is -3.51. The normalized spacial score (nSPS) is 19.0. The van der Waals surface area contributed by atoms with Gasteiger partial charge in [-0.25, -0.2) is 0 Å². The van der Waals surface area contributed by atoms with E-state index in [1.54, 1.807) is 4.90 Å². The molecule has 0 bridgehead atoms. The van der Waals surface area contributed by atoms with Crippen LogP contribution in [0.2, 0.25) is 0 Å². The molecule has 23 heavy (non-hydrogen) atoms. The highest BCUT2D eigenvalue weighted by atomic mass is 32.2. The molecule has 1 unspecified atom stereocenters. The largest absolute Gasteiger partial charge is 0.494 e. The van der Waals surface area contributed by atoms with Crippen LogP contribution in [0.15, 0.2) is 24.3 Å². The highest BCUT2D eigenvalue weighted by molar-refractivity contribution is 7.86. The second-order valence-corrected chi connectivity index (χ2v) is 7.41. The number of benzene rings is 1. The average molecular weight is 341 g/mol. The van der Waals surface area contributed by atoms with Crippen LogP contribution in [0.25, 0.3) is 0 Å². The fourth-order valence-corrected chi connectivity index (χ4v) is 3.15. The van der Waals surface area contributed by atoms with Crippen molar-refractivity contribution in [2.45, 2.75) is 32.3 Å². The molecule has 1 fully saturated rings. The number of nitrogens with zero attached hydrogens (tertiary/aromatic N) is 1. The monoisotopic (exact) mass is 341 g/mol. The first-order valence-corrected chi connectivity index (χ1v) is 9.50. The quantitative estimate of drug-likeness (QED) is 0.558. The van der Waals surface area contributed by atoms with Gasteiger partial charge in [-0.05, 0) is 31.9 Å². The number of carbonyl (C=O) groups is 1. The summed E-state index contributed by atoms with van der Waals surface area (Å²) in [6.07, 6.45) is 1.87. The van der Waals surface area contributed by atoms with Crippen LogP contribution in [0.1, 0.15) is 24.8 Å². The standard InChI is InChI=1S/C16H23NO5S/c1-13-4-6-14(7-5-13)21-11-3-9-17-10-8-15(12-16(17)18)22-23(2,19)20/h4-7,15H,3,8-12H2,1-2H3. The van der Waals surface area contributed by atoms with Gasteiger partial charge in [-0.15, -0.1) is 0 Å². The summed E-state index contributed by atoms with van der Waals surface area (Å²) in [4.78, 5) is 13.7. The zero-order valence-electron chi connectivity index (χ0n) is 13.5. The Bertz CT molecular complexity index is 626. The third kappa shape index (κ3) is 6.19. The average Bonchev–Trinajstić information content (AvgIpc) is 2.45. The molecule has 0 radical (unpaired) electrons. The number of likely N-dealkylation sites (tertiary alicyclic amines) is 1. The van der Waals surface area contributed by atoms with Gasteiger partial charge in [0, 0.05) is 13.1 Å². The van der Waals surface area contributed by atoms with Gasteiger partial charge in [-0.3, -0.25) is 8.98 Å². The van der Waals surface area contributed by atoms with Crippen molar-refractivity contribution in [2.75, 3.05) is 26.0 Å². The molecule has 1 aliphatic heterocycles. The van der Waals surface area contributed by atoms with Crippen molar-refractivity contribution in [1.29, 1.82) is 0 Å². The van der Waals surface area contributed by atoms with E-state index >= 15 is 0 Å². The van der Waals surface area contributed by atoms with Crippen molar-refractivity contribution < 1.29 is 22.1 Å². The lowest BCUT2D eigenvalue weighted by Crippen LogP contribution is -2.42. The van der Waals surface area contributed by atoms with Crippen LogP contribution < -0.4 is 4.74 Å². The third-order valence-electron chi connectivity index (χ3n) is 3.65. The van der Waals surface area contributed by atoms with Gasteiger partial charge in [-0.1, -0.05) is 17.7 Å². The first-order valence-electron chi connectivity index (χ1n) is 7.69. The number of amides is 1. The summed E-state index contributed by atoms with van der Waals surface area (Å²) in [6, 6.07) is 7.83. The Hall–Kier alpha value is -1.60. The van der Waals surface area contributed by atoms with E-state index in [4.69, 9.17) is 8.92 Å². The number of piperidine rings is 1. The van der Waals surface area contributed by atoms with Gasteiger partial charge in [0.15, 0.2) is 0 Å². The van der Waals surface area contributed by atoms with Crippen LogP contribution in [-0.2, 0) is 19.1 Å². The molecule has 0 N–H and O–H groups in total. The number of aryl methyl sites for hydroxylation is 1. The Balaban J connectivity index is 1.69. The van der Waals surface area contributed by atoms with Crippen molar-refractivity contribution in [2.24, 2.45) is 0 Å². The number of ether oxygens (including phenoxy) is 1. The summed E-state index contributed by atoms with van der Waals surface area (Å²) >= 11 is 0. The van der Waals surface area contributed by atoms with Crippen molar-refractivity contribution in [1.82, 2.24) is 4.90 Å². The minimum Gasteiger partial charge on any atom is -0.494 e. The van der Waals surface area contributed by atoms with Gasteiger partial charge < -0.3 is 9.64 Å². The van der Waals surface area contributed by atoms with E-state index in [-0.39, 0.29) is 12.3 Å². The molecule has 1 aliphatic rings. The maximum atomic E-state index is 12.0. The molecule has 0 aliphatic carbocycles. The molecule has 1 aromatic carbocycles. The van der Waals surface area contributed by atoms with Crippen molar-refractivity contribution >= 4 is 16.0 Å². The van der Waals surface area contributed by atoms with Crippen LogP contribution in [0, 0.1) is 6.92 Å². The Morgan fingerprint density at radius 2 is 1.96 bits per heavy atom. The predicted octanol–water partition coefficient (Wildman–Crippen LogP) is 1.73. The molecule has 7 heteroatoms. The number of hydrogen-bond acceptors (Lipinski definition) is 5. The van der Waals surface area contributed by atoms with E-state index in [2.05, 4.69) is 0 Å². The summed E-state index contributed by atoms with van der Waals surface area (Å²) in [5, 5.41) is 0. The fraction of sp³-hybridized carbons (Fsp3) is 0.562. The predicted molar refractivity (Wildman–Crippen MR) is 86.8 cm³/mol. The molecule has 128 valence electrons. The maximum absolute atomic E-state index is 12.0. The lowest BCUT2D eigenvalue weighted by molar-refractivity contribution is -0.136. The van der Waals surface area contributed by atoms with Crippen molar-refractivity contribution in [3.63, 3.8) is 0 Å². The molecule has 1 amide bonds. The number of carbonyl (C=O) groups excluding carboxylic acids is 1. The minimum absolute atomic E-state index is 0.0692. The molecule has 6 nitrogen and oxygen atoms in total. The van der Waals surface area contributed by atoms with Crippen molar-refractivity contribution in [3.05, 3.63) is 29.8 Å². The molecule has 2 rings (SSSR count). The number of rotatable bonds is 7. The summed E-state index contributed by atoms with van der Waals surface area (Å²) < 4.78 is 32.7. The van der Waals surface area contributed by atoms with Gasteiger partial charge in [0.1, 0.15) is 5.75 Å². The molecule has 1 aromatic rings. The smallest absolute Gasteiger partial charge is 0.264 e. The fourth-order valence-electron chi connectivity index (χ4n) is 2.50. The molecule has 0 spiro atoms. The zero-order chi connectivity index (χ0) is 16.9. The Morgan fingerprint density at radius 1 is 1.26 bits per heavy atom. The molecule has 0 aromatic heterocycles. The first kappa shape index (κ1) is 17.7. The second-order valence-electron chi connectivity index (χ2n) is 5.81. The maximum Gasteiger partial charge on any atom is 0.264 e. The summed E-state index contributed by atoms with van der Waals surface area (Å²) in [6.45, 7) is 3.68. The third-order valence-corrected chi connectivity index (χ3v) is 4.27. The molecule has 1 atom stereocenters. The van der Waals surface area contributed by atoms with Crippen LogP contribution in [0.5, 0.6) is 5.75 Å². The van der Waals surface area contributed by atoms with E-state index in [1.807, 2.05) is 31.2 Å². The molecular weight excluding hydrogens is 318 g/mol. The van der Waals surface area contributed by atoms with E-state index in [0.29, 0.717) is 26.1 Å². The topological polar surface area (TPSA) is 72.9 Å². The van der Waals surface area contributed by atoms with Gasteiger partial charge in [-0.2, -0.15) is 8.42 Å². The summed E-state index contributed by atoms with van der Waals surface area (Å²) in [5.74, 6) is 0.752. The molecule has 1 heterocycles. The lowest BCUT2D eigenvalue weighted by atomic mass is 10.1. The van der Waals surface area contributed by atoms with E-state index < -0.39 is 16.2 Å². The van der Waals surface area contributed by atoms with E-state index in [0.717, 1.165) is 18.4 Å². The SMILES string of the molecule is Cc1ccc(OCCCN2CCC(OS(C)(=O)=O)CC2=O)cc1. The lowest BCUT2D eigenvalue weighted by Gasteiger charge is -2.31. The van der Waals surface area contributed by atoms with Crippen LogP contribution in [0.3, 0.4) is 0 Å². The summed E-state index contributed by atoms with van der Waals surface area (Å²) in [5.41, 5.74) is 1.18. The van der Waals surface area contributed by atoms with Gasteiger partial charge in [0.2, 0.25) is 5.91 Å². The molecular formula is C16H23NO5S. The van der Waals surface area contributed by atoms with Crippen LogP contribution >= 0.6 is 0 Å². The van der Waals surface area contributed by atoms with Gasteiger partial charge in [0.05, 0.1) is 25.4 Å². The Morgan fingerprint density at radius 3 is 2.57 bits per heavy atom. The Kier molecular flexibility index (Phi) is 6.01. The zero-order valence-corrected chi connectivity index (χ0v) is 14.3. The van der Waals surface area contributed by atoms with E-state index in [1.165, 1.54) is 5.56 Å².